The van der Waals surface area contributed by atoms with Gasteiger partial charge in [0, 0.05) is 0 Å². The Morgan fingerprint density at radius 2 is 1.73 bits per heavy atom. The van der Waals surface area contributed by atoms with Gasteiger partial charge in [-0.05, 0) is 43.1 Å². The fraction of sp³-hybridized carbons (Fsp3) is 0.857. The molecule has 0 radical (unpaired) electrons. The molecule has 0 bridgehead atoms. The van der Waals surface area contributed by atoms with E-state index in [0.717, 1.165) is 12.8 Å². The molecule has 1 heteroatoms. The van der Waals surface area contributed by atoms with Crippen LogP contribution in [0.25, 0.3) is 0 Å². The largest absolute Gasteiger partial charge is 0.388 e. The van der Waals surface area contributed by atoms with Crippen molar-refractivity contribution in [1.82, 2.24) is 0 Å². The molecule has 0 fully saturated rings. The summed E-state index contributed by atoms with van der Waals surface area (Å²) in [5.74, 6) is 0.946. The van der Waals surface area contributed by atoms with Gasteiger partial charge in [-0.2, -0.15) is 0 Å². The summed E-state index contributed by atoms with van der Waals surface area (Å²) in [6.45, 7) is 6.55. The van der Waals surface area contributed by atoms with Gasteiger partial charge in [0.2, 0.25) is 0 Å². The van der Waals surface area contributed by atoms with Crippen molar-refractivity contribution < 1.29 is 5.11 Å². The van der Waals surface area contributed by atoms with Crippen molar-refractivity contribution in [2.24, 2.45) is 11.8 Å². The smallest absolute Gasteiger partial charge is 0.0778 e. The number of allylic oxidation sites excluding steroid dienone is 1. The number of hydrogen-bond acceptors (Lipinski definition) is 1. The molecule has 2 atom stereocenters. The van der Waals surface area contributed by atoms with E-state index in [1.165, 1.54) is 31.3 Å². The summed E-state index contributed by atoms with van der Waals surface area (Å²) in [7, 11) is 0. The first-order chi connectivity index (χ1) is 7.13. The van der Waals surface area contributed by atoms with Gasteiger partial charge in [0.05, 0.1) is 6.10 Å². The van der Waals surface area contributed by atoms with Crippen LogP contribution in [0.3, 0.4) is 0 Å². The van der Waals surface area contributed by atoms with Crippen molar-refractivity contribution in [3.05, 3.63) is 11.6 Å². The van der Waals surface area contributed by atoms with Crippen molar-refractivity contribution in [2.45, 2.75) is 65.4 Å². The van der Waals surface area contributed by atoms with E-state index in [-0.39, 0.29) is 6.10 Å². The van der Waals surface area contributed by atoms with Gasteiger partial charge in [-0.1, -0.05) is 39.7 Å². The highest BCUT2D eigenvalue weighted by Gasteiger charge is 2.21. The summed E-state index contributed by atoms with van der Waals surface area (Å²) in [4.78, 5) is 0. The topological polar surface area (TPSA) is 20.2 Å². The second-order valence-corrected chi connectivity index (χ2v) is 5.28. The lowest BCUT2D eigenvalue weighted by molar-refractivity contribution is 0.119. The van der Waals surface area contributed by atoms with E-state index in [0.29, 0.717) is 11.8 Å². The lowest BCUT2D eigenvalue weighted by atomic mass is 9.85. The Hall–Kier alpha value is -0.300. The monoisotopic (exact) mass is 210 g/mol. The molecule has 0 amide bonds. The molecular weight excluding hydrogens is 184 g/mol. The first-order valence-corrected chi connectivity index (χ1v) is 6.50. The maximum atomic E-state index is 10.3. The van der Waals surface area contributed by atoms with Crippen molar-refractivity contribution >= 4 is 0 Å². The fourth-order valence-electron chi connectivity index (χ4n) is 2.19. The molecule has 0 heterocycles. The van der Waals surface area contributed by atoms with Gasteiger partial charge in [0.15, 0.2) is 0 Å². The van der Waals surface area contributed by atoms with E-state index < -0.39 is 0 Å². The molecular formula is C14H26O. The molecule has 0 aromatic carbocycles. The summed E-state index contributed by atoms with van der Waals surface area (Å²) in [5.41, 5.74) is 1.30. The zero-order chi connectivity index (χ0) is 11.3. The van der Waals surface area contributed by atoms with Crippen LogP contribution >= 0.6 is 0 Å². The first kappa shape index (κ1) is 12.8. The van der Waals surface area contributed by atoms with Crippen molar-refractivity contribution in [3.8, 4) is 0 Å². The number of aliphatic hydroxyl groups excluding tert-OH is 1. The van der Waals surface area contributed by atoms with E-state index in [1.54, 1.807) is 0 Å². The average Bonchev–Trinajstić information content (AvgIpc) is 2.15. The Morgan fingerprint density at radius 1 is 1.07 bits per heavy atom. The van der Waals surface area contributed by atoms with Gasteiger partial charge in [-0.25, -0.2) is 0 Å². The predicted octanol–water partition coefficient (Wildman–Crippen LogP) is 3.92. The zero-order valence-corrected chi connectivity index (χ0v) is 10.5. The quantitative estimate of drug-likeness (QED) is 0.700. The molecule has 15 heavy (non-hydrogen) atoms. The Labute approximate surface area is 94.6 Å². The van der Waals surface area contributed by atoms with Crippen molar-refractivity contribution in [2.75, 3.05) is 0 Å². The predicted molar refractivity (Wildman–Crippen MR) is 65.8 cm³/mol. The van der Waals surface area contributed by atoms with Gasteiger partial charge < -0.3 is 5.11 Å². The number of aliphatic hydroxyl groups is 1. The summed E-state index contributed by atoms with van der Waals surface area (Å²) < 4.78 is 0. The molecule has 2 unspecified atom stereocenters. The Bertz CT molecular complexity index is 205. The first-order valence-electron chi connectivity index (χ1n) is 6.50. The van der Waals surface area contributed by atoms with Gasteiger partial charge >= 0.3 is 0 Å². The molecule has 0 aliphatic heterocycles. The van der Waals surface area contributed by atoms with Gasteiger partial charge in [-0.3, -0.25) is 0 Å². The van der Waals surface area contributed by atoms with Crippen molar-refractivity contribution in [1.29, 1.82) is 0 Å². The molecule has 1 N–H and O–H groups in total. The molecule has 0 saturated heterocycles. The second kappa shape index (κ2) is 6.32. The third-order valence-corrected chi connectivity index (χ3v) is 3.76. The molecule has 88 valence electrons. The van der Waals surface area contributed by atoms with Crippen LogP contribution < -0.4 is 0 Å². The third kappa shape index (κ3) is 3.98. The average molecular weight is 210 g/mol. The van der Waals surface area contributed by atoms with E-state index in [9.17, 15) is 5.11 Å². The lowest BCUT2D eigenvalue weighted by Gasteiger charge is -2.25. The summed E-state index contributed by atoms with van der Waals surface area (Å²) in [6, 6.07) is 0. The van der Waals surface area contributed by atoms with Crippen LogP contribution in [0.5, 0.6) is 0 Å². The lowest BCUT2D eigenvalue weighted by Crippen LogP contribution is -2.24. The van der Waals surface area contributed by atoms with Crippen LogP contribution in [0, 0.1) is 11.8 Å². The minimum atomic E-state index is -0.205. The molecule has 0 saturated carbocycles. The van der Waals surface area contributed by atoms with E-state index in [2.05, 4.69) is 26.8 Å². The minimum absolute atomic E-state index is 0.205. The Morgan fingerprint density at radius 3 is 2.40 bits per heavy atom. The fourth-order valence-corrected chi connectivity index (χ4v) is 2.19. The van der Waals surface area contributed by atoms with E-state index in [1.807, 2.05) is 0 Å². The van der Waals surface area contributed by atoms with Gasteiger partial charge in [0.1, 0.15) is 0 Å². The van der Waals surface area contributed by atoms with Gasteiger partial charge in [-0.15, -0.1) is 0 Å². The maximum Gasteiger partial charge on any atom is 0.0778 e. The van der Waals surface area contributed by atoms with Crippen LogP contribution in [0.4, 0.5) is 0 Å². The van der Waals surface area contributed by atoms with Crippen molar-refractivity contribution in [3.63, 3.8) is 0 Å². The summed E-state index contributed by atoms with van der Waals surface area (Å²) >= 11 is 0. The normalized spacial score (nSPS) is 22.9. The van der Waals surface area contributed by atoms with Crippen LogP contribution in [-0.2, 0) is 0 Å². The second-order valence-electron chi connectivity index (χ2n) is 5.28. The zero-order valence-electron chi connectivity index (χ0n) is 10.5. The highest BCUT2D eigenvalue weighted by Crippen LogP contribution is 2.26. The van der Waals surface area contributed by atoms with Crippen LogP contribution in [-0.4, -0.2) is 11.2 Å². The summed E-state index contributed by atoms with van der Waals surface area (Å²) in [5, 5.41) is 10.3. The Balaban J connectivity index is 2.58. The SMILES string of the molecule is CC(C)C(C)C(O)C1=CCCCCCC1. The van der Waals surface area contributed by atoms with E-state index >= 15 is 0 Å². The molecule has 0 spiro atoms. The Kier molecular flexibility index (Phi) is 5.38. The molecule has 1 nitrogen and oxygen atoms in total. The molecule has 1 rings (SSSR count). The molecule has 1 aliphatic carbocycles. The third-order valence-electron chi connectivity index (χ3n) is 3.76. The van der Waals surface area contributed by atoms with Crippen LogP contribution in [0.15, 0.2) is 11.6 Å². The molecule has 1 aliphatic rings. The highest BCUT2D eigenvalue weighted by molar-refractivity contribution is 5.10. The number of hydrogen-bond donors (Lipinski definition) is 1. The molecule has 0 aromatic heterocycles. The molecule has 0 aromatic rings. The van der Waals surface area contributed by atoms with E-state index in [4.69, 9.17) is 0 Å². The maximum absolute atomic E-state index is 10.3. The summed E-state index contributed by atoms with van der Waals surface area (Å²) in [6.07, 6.45) is 9.61. The van der Waals surface area contributed by atoms with Crippen LogP contribution in [0.1, 0.15) is 59.3 Å². The van der Waals surface area contributed by atoms with Crippen LogP contribution in [0.2, 0.25) is 0 Å². The minimum Gasteiger partial charge on any atom is -0.388 e. The van der Waals surface area contributed by atoms with Gasteiger partial charge in [0.25, 0.3) is 0 Å². The number of rotatable bonds is 3. The highest BCUT2D eigenvalue weighted by atomic mass is 16.3. The standard InChI is InChI=1S/C14H26O/c1-11(2)12(3)14(15)13-9-7-5-4-6-8-10-13/h9,11-12,14-15H,4-8,10H2,1-3H3.